The van der Waals surface area contributed by atoms with Gasteiger partial charge >= 0.3 is 0 Å². The van der Waals surface area contributed by atoms with Gasteiger partial charge in [0.2, 0.25) is 12.5 Å². The molecule has 0 atom stereocenters. The molecule has 0 saturated carbocycles. The standard InChI is InChI=1S/C13H19NO3/c1-9(2)14(3)7-10-5-11(15-4)13-12(6-10)16-8-17-13/h5-6,9H,7-8H2,1-4H3. The maximum absolute atomic E-state index is 5.40. The number of nitrogens with zero attached hydrogens (tertiary/aromatic N) is 1. The first kappa shape index (κ1) is 12.0. The van der Waals surface area contributed by atoms with E-state index >= 15 is 0 Å². The van der Waals surface area contributed by atoms with Crippen LogP contribution in [0.1, 0.15) is 19.4 Å². The zero-order chi connectivity index (χ0) is 12.4. The first-order valence-electron chi connectivity index (χ1n) is 5.78. The Morgan fingerprint density at radius 1 is 1.35 bits per heavy atom. The highest BCUT2D eigenvalue weighted by Crippen LogP contribution is 2.41. The van der Waals surface area contributed by atoms with Crippen LogP contribution in [-0.4, -0.2) is 31.9 Å². The van der Waals surface area contributed by atoms with Crippen molar-refractivity contribution in [2.75, 3.05) is 21.0 Å². The van der Waals surface area contributed by atoms with Crippen molar-refractivity contribution < 1.29 is 14.2 Å². The van der Waals surface area contributed by atoms with Crippen molar-refractivity contribution in [1.29, 1.82) is 0 Å². The topological polar surface area (TPSA) is 30.9 Å². The summed E-state index contributed by atoms with van der Waals surface area (Å²) in [5.74, 6) is 2.23. The van der Waals surface area contributed by atoms with Crippen molar-refractivity contribution in [2.24, 2.45) is 0 Å². The lowest BCUT2D eigenvalue weighted by molar-refractivity contribution is 0.171. The van der Waals surface area contributed by atoms with Gasteiger partial charge in [-0.15, -0.1) is 0 Å². The van der Waals surface area contributed by atoms with Crippen molar-refractivity contribution in [3.63, 3.8) is 0 Å². The Bertz CT molecular complexity index is 404. The van der Waals surface area contributed by atoms with E-state index in [4.69, 9.17) is 14.2 Å². The van der Waals surface area contributed by atoms with Crippen LogP contribution < -0.4 is 14.2 Å². The van der Waals surface area contributed by atoms with Crippen LogP contribution in [0.3, 0.4) is 0 Å². The molecule has 1 aromatic carbocycles. The molecule has 0 spiro atoms. The Balaban J connectivity index is 2.24. The van der Waals surface area contributed by atoms with Crippen LogP contribution in [-0.2, 0) is 6.54 Å². The van der Waals surface area contributed by atoms with Gasteiger partial charge in [0.1, 0.15) is 0 Å². The van der Waals surface area contributed by atoms with Crippen LogP contribution in [0, 0.1) is 0 Å². The maximum atomic E-state index is 5.40. The third-order valence-corrected chi connectivity index (χ3v) is 3.03. The van der Waals surface area contributed by atoms with Crippen molar-refractivity contribution in [3.05, 3.63) is 17.7 Å². The highest BCUT2D eigenvalue weighted by molar-refractivity contribution is 5.55. The van der Waals surface area contributed by atoms with Gasteiger partial charge in [-0.25, -0.2) is 0 Å². The number of fused-ring (bicyclic) bond motifs is 1. The smallest absolute Gasteiger partial charge is 0.231 e. The van der Waals surface area contributed by atoms with E-state index in [2.05, 4.69) is 25.8 Å². The molecular weight excluding hydrogens is 218 g/mol. The fourth-order valence-electron chi connectivity index (χ4n) is 1.75. The second-order valence-corrected chi connectivity index (χ2v) is 4.54. The Hall–Kier alpha value is -1.42. The largest absolute Gasteiger partial charge is 0.493 e. The summed E-state index contributed by atoms with van der Waals surface area (Å²) in [6, 6.07) is 4.53. The minimum Gasteiger partial charge on any atom is -0.493 e. The van der Waals surface area contributed by atoms with E-state index in [1.54, 1.807) is 7.11 Å². The van der Waals surface area contributed by atoms with Gasteiger partial charge in [-0.05, 0) is 38.6 Å². The third-order valence-electron chi connectivity index (χ3n) is 3.03. The molecule has 0 radical (unpaired) electrons. The third kappa shape index (κ3) is 2.47. The summed E-state index contributed by atoms with van der Waals surface area (Å²) in [7, 11) is 3.74. The maximum Gasteiger partial charge on any atom is 0.231 e. The van der Waals surface area contributed by atoms with Crippen molar-refractivity contribution in [3.8, 4) is 17.2 Å². The summed E-state index contributed by atoms with van der Waals surface area (Å²) in [5.41, 5.74) is 1.17. The molecule has 1 aliphatic rings. The first-order chi connectivity index (χ1) is 8.11. The molecule has 0 amide bonds. The second-order valence-electron chi connectivity index (χ2n) is 4.54. The lowest BCUT2D eigenvalue weighted by Gasteiger charge is -2.21. The summed E-state index contributed by atoms with van der Waals surface area (Å²) in [6.45, 7) is 5.48. The van der Waals surface area contributed by atoms with E-state index in [0.717, 1.165) is 18.0 Å². The molecule has 1 aliphatic heterocycles. The van der Waals surface area contributed by atoms with E-state index in [1.165, 1.54) is 5.56 Å². The highest BCUT2D eigenvalue weighted by atomic mass is 16.7. The van der Waals surface area contributed by atoms with Gasteiger partial charge in [0, 0.05) is 12.6 Å². The Kier molecular flexibility index (Phi) is 3.43. The van der Waals surface area contributed by atoms with Gasteiger partial charge in [0.25, 0.3) is 0 Å². The molecule has 2 rings (SSSR count). The molecule has 17 heavy (non-hydrogen) atoms. The Morgan fingerprint density at radius 3 is 2.76 bits per heavy atom. The quantitative estimate of drug-likeness (QED) is 0.803. The van der Waals surface area contributed by atoms with Crippen molar-refractivity contribution >= 4 is 0 Å². The van der Waals surface area contributed by atoms with Crippen LogP contribution in [0.15, 0.2) is 12.1 Å². The van der Waals surface area contributed by atoms with E-state index in [0.29, 0.717) is 11.8 Å². The zero-order valence-electron chi connectivity index (χ0n) is 10.8. The van der Waals surface area contributed by atoms with E-state index < -0.39 is 0 Å². The molecule has 0 bridgehead atoms. The molecule has 4 heteroatoms. The Morgan fingerprint density at radius 2 is 2.12 bits per heavy atom. The molecule has 0 aliphatic carbocycles. The van der Waals surface area contributed by atoms with Crippen molar-refractivity contribution in [2.45, 2.75) is 26.4 Å². The van der Waals surface area contributed by atoms with Gasteiger partial charge in [0.15, 0.2) is 11.5 Å². The Labute approximate surface area is 102 Å². The minimum atomic E-state index is 0.273. The monoisotopic (exact) mass is 237 g/mol. The van der Waals surface area contributed by atoms with E-state index in [9.17, 15) is 0 Å². The summed E-state index contributed by atoms with van der Waals surface area (Å²) in [6.07, 6.45) is 0. The van der Waals surface area contributed by atoms with Crippen LogP contribution in [0.25, 0.3) is 0 Å². The van der Waals surface area contributed by atoms with Gasteiger partial charge in [0.05, 0.1) is 7.11 Å². The number of rotatable bonds is 4. The number of benzene rings is 1. The molecule has 1 heterocycles. The molecule has 0 N–H and O–H groups in total. The van der Waals surface area contributed by atoms with Crippen LogP contribution in [0.5, 0.6) is 17.2 Å². The van der Waals surface area contributed by atoms with Crippen LogP contribution >= 0.6 is 0 Å². The van der Waals surface area contributed by atoms with E-state index in [-0.39, 0.29) is 6.79 Å². The van der Waals surface area contributed by atoms with Crippen molar-refractivity contribution in [1.82, 2.24) is 4.90 Å². The second kappa shape index (κ2) is 4.84. The molecule has 0 fully saturated rings. The predicted octanol–water partition coefficient (Wildman–Crippen LogP) is 2.26. The molecule has 0 aromatic heterocycles. The molecule has 4 nitrogen and oxygen atoms in total. The van der Waals surface area contributed by atoms with Gasteiger partial charge < -0.3 is 14.2 Å². The number of ether oxygens (including phenoxy) is 3. The normalized spacial score (nSPS) is 13.5. The lowest BCUT2D eigenvalue weighted by Crippen LogP contribution is -2.25. The summed E-state index contributed by atoms with van der Waals surface area (Å²) in [5, 5.41) is 0. The number of methoxy groups -OCH3 is 1. The lowest BCUT2D eigenvalue weighted by atomic mass is 10.1. The predicted molar refractivity (Wildman–Crippen MR) is 65.7 cm³/mol. The molecule has 94 valence electrons. The van der Waals surface area contributed by atoms with Gasteiger partial charge in [-0.1, -0.05) is 0 Å². The fourth-order valence-corrected chi connectivity index (χ4v) is 1.75. The highest BCUT2D eigenvalue weighted by Gasteiger charge is 2.20. The van der Waals surface area contributed by atoms with Crippen LogP contribution in [0.2, 0.25) is 0 Å². The number of hydrogen-bond acceptors (Lipinski definition) is 4. The molecule has 1 aromatic rings. The summed E-state index contributed by atoms with van der Waals surface area (Å²) < 4.78 is 16.1. The van der Waals surface area contributed by atoms with Gasteiger partial charge in [-0.3, -0.25) is 4.90 Å². The number of hydrogen-bond donors (Lipinski definition) is 0. The molecule has 0 unspecified atom stereocenters. The van der Waals surface area contributed by atoms with E-state index in [1.807, 2.05) is 12.1 Å². The average molecular weight is 237 g/mol. The fraction of sp³-hybridized carbons (Fsp3) is 0.538. The van der Waals surface area contributed by atoms with Crippen LogP contribution in [0.4, 0.5) is 0 Å². The summed E-state index contributed by atoms with van der Waals surface area (Å²) >= 11 is 0. The summed E-state index contributed by atoms with van der Waals surface area (Å²) in [4.78, 5) is 2.26. The van der Waals surface area contributed by atoms with Gasteiger partial charge in [-0.2, -0.15) is 0 Å². The average Bonchev–Trinajstić information content (AvgIpc) is 2.75. The first-order valence-corrected chi connectivity index (χ1v) is 5.78. The minimum absolute atomic E-state index is 0.273. The molecule has 0 saturated heterocycles. The molecular formula is C13H19NO3. The SMILES string of the molecule is COc1cc(CN(C)C(C)C)cc2c1OCO2. The zero-order valence-corrected chi connectivity index (χ0v) is 10.8.